The Bertz CT molecular complexity index is 821. The molecule has 1 atom stereocenters. The van der Waals surface area contributed by atoms with Crippen LogP contribution >= 0.6 is 0 Å². The average molecular weight is 361 g/mol. The Morgan fingerprint density at radius 2 is 1.78 bits per heavy atom. The molecule has 1 aromatic heterocycles. The van der Waals surface area contributed by atoms with E-state index in [2.05, 4.69) is 34.1 Å². The maximum atomic E-state index is 12.8. The van der Waals surface area contributed by atoms with Crippen LogP contribution in [-0.2, 0) is 5.41 Å². The van der Waals surface area contributed by atoms with Crippen LogP contribution in [-0.4, -0.2) is 46.9 Å². The molecule has 4 heteroatoms. The van der Waals surface area contributed by atoms with Gasteiger partial charge in [-0.05, 0) is 68.5 Å². The minimum Gasteiger partial charge on any atom is -0.339 e. The Morgan fingerprint density at radius 1 is 1.00 bits per heavy atom. The highest BCUT2D eigenvalue weighted by molar-refractivity contribution is 5.93. The van der Waals surface area contributed by atoms with Crippen molar-refractivity contribution in [3.05, 3.63) is 65.5 Å². The lowest BCUT2D eigenvalue weighted by atomic mass is 9.73. The van der Waals surface area contributed by atoms with Crippen LogP contribution in [0.3, 0.4) is 0 Å². The van der Waals surface area contributed by atoms with Gasteiger partial charge in [-0.1, -0.05) is 24.3 Å². The molecular formula is C23H27N3O. The van der Waals surface area contributed by atoms with Crippen LogP contribution in [0.2, 0.25) is 0 Å². The summed E-state index contributed by atoms with van der Waals surface area (Å²) in [6.45, 7) is 4.16. The molecule has 2 fully saturated rings. The fourth-order valence-corrected chi connectivity index (χ4v) is 5.52. The molecular weight excluding hydrogens is 334 g/mol. The molecule has 0 saturated carbocycles. The first-order valence-electron chi connectivity index (χ1n) is 10.3. The fourth-order valence-electron chi connectivity index (χ4n) is 5.52. The Kier molecular flexibility index (Phi) is 4.24. The van der Waals surface area contributed by atoms with E-state index >= 15 is 0 Å². The summed E-state index contributed by atoms with van der Waals surface area (Å²) in [5.74, 6) is 0.125. The van der Waals surface area contributed by atoms with Gasteiger partial charge in [-0.2, -0.15) is 0 Å². The van der Waals surface area contributed by atoms with Gasteiger partial charge >= 0.3 is 0 Å². The third-order valence-electron chi connectivity index (χ3n) is 6.97. The van der Waals surface area contributed by atoms with Crippen LogP contribution in [0.4, 0.5) is 0 Å². The van der Waals surface area contributed by atoms with Gasteiger partial charge in [-0.25, -0.2) is 0 Å². The molecule has 2 aliphatic heterocycles. The van der Waals surface area contributed by atoms with Gasteiger partial charge in [-0.3, -0.25) is 14.7 Å². The van der Waals surface area contributed by atoms with Gasteiger partial charge in [0.05, 0.1) is 5.56 Å². The molecule has 1 aromatic carbocycles. The summed E-state index contributed by atoms with van der Waals surface area (Å²) >= 11 is 0. The van der Waals surface area contributed by atoms with E-state index in [1.54, 1.807) is 23.5 Å². The van der Waals surface area contributed by atoms with E-state index in [1.807, 2.05) is 17.0 Å². The van der Waals surface area contributed by atoms with E-state index in [-0.39, 0.29) is 11.3 Å². The minimum absolute atomic E-state index is 0.125. The van der Waals surface area contributed by atoms with Crippen LogP contribution in [0.5, 0.6) is 0 Å². The molecule has 3 aliphatic rings. The van der Waals surface area contributed by atoms with Crippen molar-refractivity contribution in [1.29, 1.82) is 0 Å². The molecule has 0 bridgehead atoms. The molecule has 0 N–H and O–H groups in total. The maximum Gasteiger partial charge on any atom is 0.255 e. The molecule has 140 valence electrons. The predicted octanol–water partition coefficient (Wildman–Crippen LogP) is 3.80. The largest absolute Gasteiger partial charge is 0.339 e. The fraction of sp³-hybridized carbons (Fsp3) is 0.478. The summed E-state index contributed by atoms with van der Waals surface area (Å²) in [5, 5.41) is 0. The Labute approximate surface area is 161 Å². The van der Waals surface area contributed by atoms with Gasteiger partial charge in [0.25, 0.3) is 5.91 Å². The normalized spacial score (nSPS) is 24.3. The van der Waals surface area contributed by atoms with Gasteiger partial charge in [-0.15, -0.1) is 0 Å². The van der Waals surface area contributed by atoms with Gasteiger partial charge in [0.15, 0.2) is 0 Å². The average Bonchev–Trinajstić information content (AvgIpc) is 3.36. The number of carbonyl (C=O) groups excluding carboxylic acids is 1. The first-order chi connectivity index (χ1) is 13.3. The smallest absolute Gasteiger partial charge is 0.255 e. The molecule has 4 nitrogen and oxygen atoms in total. The number of benzene rings is 1. The van der Waals surface area contributed by atoms with Crippen molar-refractivity contribution in [3.8, 4) is 0 Å². The molecule has 3 heterocycles. The van der Waals surface area contributed by atoms with Crippen molar-refractivity contribution in [2.45, 2.75) is 43.6 Å². The monoisotopic (exact) mass is 361 g/mol. The number of fused-ring (bicyclic) bond motifs is 2. The predicted molar refractivity (Wildman–Crippen MR) is 106 cm³/mol. The summed E-state index contributed by atoms with van der Waals surface area (Å²) in [4.78, 5) is 21.6. The number of hydrogen-bond acceptors (Lipinski definition) is 3. The molecule has 1 amide bonds. The molecule has 27 heavy (non-hydrogen) atoms. The quantitative estimate of drug-likeness (QED) is 0.816. The second-order valence-electron chi connectivity index (χ2n) is 8.36. The summed E-state index contributed by atoms with van der Waals surface area (Å²) in [7, 11) is 0. The second kappa shape index (κ2) is 6.75. The van der Waals surface area contributed by atoms with Crippen LogP contribution < -0.4 is 0 Å². The number of rotatable bonds is 2. The number of aromatic nitrogens is 1. The summed E-state index contributed by atoms with van der Waals surface area (Å²) in [6, 6.07) is 13.4. The van der Waals surface area contributed by atoms with E-state index < -0.39 is 0 Å². The lowest BCUT2D eigenvalue weighted by molar-refractivity contribution is 0.0649. The number of pyridine rings is 1. The van der Waals surface area contributed by atoms with E-state index in [9.17, 15) is 4.79 Å². The van der Waals surface area contributed by atoms with Crippen molar-refractivity contribution < 1.29 is 4.79 Å². The van der Waals surface area contributed by atoms with Crippen molar-refractivity contribution in [2.24, 2.45) is 0 Å². The lowest BCUT2D eigenvalue weighted by Crippen LogP contribution is -2.44. The molecule has 1 unspecified atom stereocenters. The molecule has 5 rings (SSSR count). The van der Waals surface area contributed by atoms with E-state index in [0.29, 0.717) is 11.6 Å². The second-order valence-corrected chi connectivity index (χ2v) is 8.36. The molecule has 0 radical (unpaired) electrons. The zero-order valence-corrected chi connectivity index (χ0v) is 15.8. The SMILES string of the molecule is O=C(c1cccnc1)N1CCC2(CC1)CC(N1CCCC1)c1ccccc12. The summed E-state index contributed by atoms with van der Waals surface area (Å²) in [5.41, 5.74) is 4.05. The molecule has 2 aromatic rings. The van der Waals surface area contributed by atoms with Gasteiger partial charge < -0.3 is 4.90 Å². The van der Waals surface area contributed by atoms with Gasteiger partial charge in [0.1, 0.15) is 0 Å². The molecule has 1 spiro atoms. The van der Waals surface area contributed by atoms with Crippen LogP contribution in [0.25, 0.3) is 0 Å². The topological polar surface area (TPSA) is 36.4 Å². The Morgan fingerprint density at radius 3 is 2.52 bits per heavy atom. The zero-order valence-electron chi connectivity index (χ0n) is 15.8. The molecule has 2 saturated heterocycles. The first-order valence-corrected chi connectivity index (χ1v) is 10.3. The van der Waals surface area contributed by atoms with Crippen LogP contribution in [0.1, 0.15) is 59.6 Å². The summed E-state index contributed by atoms with van der Waals surface area (Å²) in [6.07, 6.45) is 9.43. The van der Waals surface area contributed by atoms with Crippen LogP contribution in [0.15, 0.2) is 48.8 Å². The number of carbonyl (C=O) groups is 1. The van der Waals surface area contributed by atoms with E-state index in [1.165, 1.54) is 32.4 Å². The Balaban J connectivity index is 1.37. The maximum absolute atomic E-state index is 12.8. The van der Waals surface area contributed by atoms with Gasteiger partial charge in [0, 0.05) is 36.9 Å². The first kappa shape index (κ1) is 16.9. The Hall–Kier alpha value is -2.20. The zero-order chi connectivity index (χ0) is 18.3. The summed E-state index contributed by atoms with van der Waals surface area (Å²) < 4.78 is 0. The lowest BCUT2D eigenvalue weighted by Gasteiger charge is -2.40. The third kappa shape index (κ3) is 2.87. The van der Waals surface area contributed by atoms with E-state index in [0.717, 1.165) is 25.9 Å². The van der Waals surface area contributed by atoms with Crippen molar-refractivity contribution in [3.63, 3.8) is 0 Å². The van der Waals surface area contributed by atoms with Gasteiger partial charge in [0.2, 0.25) is 0 Å². The third-order valence-corrected chi connectivity index (χ3v) is 6.97. The van der Waals surface area contributed by atoms with Crippen molar-refractivity contribution in [2.75, 3.05) is 26.2 Å². The number of amides is 1. The van der Waals surface area contributed by atoms with Crippen LogP contribution in [0, 0.1) is 0 Å². The number of likely N-dealkylation sites (tertiary alicyclic amines) is 2. The number of piperidine rings is 1. The van der Waals surface area contributed by atoms with Crippen molar-refractivity contribution in [1.82, 2.24) is 14.8 Å². The highest BCUT2D eigenvalue weighted by Crippen LogP contribution is 2.53. The number of hydrogen-bond donors (Lipinski definition) is 0. The van der Waals surface area contributed by atoms with Crippen molar-refractivity contribution >= 4 is 5.91 Å². The van der Waals surface area contributed by atoms with E-state index in [4.69, 9.17) is 0 Å². The standard InChI is InChI=1S/C23H27N3O/c27-22(18-6-5-11-24-17-18)26-14-9-23(10-15-26)16-21(25-12-3-4-13-25)19-7-1-2-8-20(19)23/h1-2,5-8,11,17,21H,3-4,9-10,12-16H2. The number of nitrogens with zero attached hydrogens (tertiary/aromatic N) is 3. The molecule has 1 aliphatic carbocycles. The highest BCUT2D eigenvalue weighted by atomic mass is 16.2. The highest BCUT2D eigenvalue weighted by Gasteiger charge is 2.47. The minimum atomic E-state index is 0.125.